The molecular weight excluding hydrogens is 364 g/mol. The van der Waals surface area contributed by atoms with Crippen LogP contribution in [0.1, 0.15) is 37.7 Å². The number of aromatic nitrogens is 2. The molecule has 2 bridgehead atoms. The van der Waals surface area contributed by atoms with Crippen molar-refractivity contribution in [1.82, 2.24) is 14.9 Å². The third kappa shape index (κ3) is 3.87. The maximum absolute atomic E-state index is 12.7. The van der Waals surface area contributed by atoms with E-state index in [1.54, 1.807) is 6.07 Å². The number of fused-ring (bicyclic) bond motifs is 3. The fourth-order valence-corrected chi connectivity index (χ4v) is 4.86. The molecule has 1 heterocycles. The lowest BCUT2D eigenvalue weighted by atomic mass is 9.67. The number of hydrogen-bond acceptors (Lipinski definition) is 4. The highest BCUT2D eigenvalue weighted by Crippen LogP contribution is 2.39. The molecule has 0 spiro atoms. The van der Waals surface area contributed by atoms with E-state index in [1.165, 1.54) is 17.3 Å². The standard InChI is InChI=1S/C20H26N4O2.ClH/c1-12-4-2-7-16-18(12)22-11-24(20(16)26)10-17(25)23-19-13-5-3-6-14(19)9-15(21)8-13;/h2,4,7,11,13-15,19H,3,5-6,8-10,21H2,1H3,(H,23,25);1H. The molecule has 2 atom stereocenters. The van der Waals surface area contributed by atoms with E-state index in [0.717, 1.165) is 31.2 Å². The van der Waals surface area contributed by atoms with Gasteiger partial charge < -0.3 is 11.1 Å². The highest BCUT2D eigenvalue weighted by Gasteiger charge is 2.39. The quantitative estimate of drug-likeness (QED) is 0.840. The second-order valence-electron chi connectivity index (χ2n) is 7.92. The fraction of sp³-hybridized carbons (Fsp3) is 0.550. The van der Waals surface area contributed by atoms with E-state index >= 15 is 0 Å². The van der Waals surface area contributed by atoms with Crippen molar-refractivity contribution in [3.05, 3.63) is 40.4 Å². The van der Waals surface area contributed by atoms with Crippen molar-refractivity contribution in [2.75, 3.05) is 0 Å². The number of halogens is 1. The Labute approximate surface area is 164 Å². The summed E-state index contributed by atoms with van der Waals surface area (Å²) in [6, 6.07) is 5.99. The number of carbonyl (C=O) groups is 1. The molecule has 0 saturated heterocycles. The van der Waals surface area contributed by atoms with Crippen molar-refractivity contribution < 1.29 is 4.79 Å². The molecule has 2 aliphatic rings. The van der Waals surface area contributed by atoms with E-state index in [2.05, 4.69) is 10.3 Å². The van der Waals surface area contributed by atoms with Crippen LogP contribution in [-0.4, -0.2) is 27.5 Å². The van der Waals surface area contributed by atoms with E-state index in [0.29, 0.717) is 22.7 Å². The van der Waals surface area contributed by atoms with Gasteiger partial charge in [0.2, 0.25) is 5.91 Å². The van der Waals surface area contributed by atoms with Gasteiger partial charge in [0.25, 0.3) is 5.56 Å². The number of para-hydroxylation sites is 1. The van der Waals surface area contributed by atoms with Crippen LogP contribution in [0, 0.1) is 18.8 Å². The van der Waals surface area contributed by atoms with Crippen molar-refractivity contribution in [3.63, 3.8) is 0 Å². The Morgan fingerprint density at radius 3 is 2.70 bits per heavy atom. The number of nitrogens with two attached hydrogens (primary N) is 1. The monoisotopic (exact) mass is 390 g/mol. The van der Waals surface area contributed by atoms with Gasteiger partial charge >= 0.3 is 0 Å². The summed E-state index contributed by atoms with van der Waals surface area (Å²) in [5.41, 5.74) is 7.65. The van der Waals surface area contributed by atoms with Crippen LogP contribution in [0.15, 0.2) is 29.3 Å². The molecule has 0 aliphatic heterocycles. The third-order valence-electron chi connectivity index (χ3n) is 6.07. The van der Waals surface area contributed by atoms with Crippen LogP contribution in [0.2, 0.25) is 0 Å². The molecular formula is C20H27ClN4O2. The molecule has 6 nitrogen and oxygen atoms in total. The number of nitrogens with one attached hydrogen (secondary N) is 1. The summed E-state index contributed by atoms with van der Waals surface area (Å²) in [5, 5.41) is 3.75. The smallest absolute Gasteiger partial charge is 0.261 e. The van der Waals surface area contributed by atoms with Gasteiger partial charge in [-0.15, -0.1) is 12.4 Å². The predicted octanol–water partition coefficient (Wildman–Crippen LogP) is 2.15. The van der Waals surface area contributed by atoms with Gasteiger partial charge in [0.1, 0.15) is 6.54 Å². The molecule has 1 aromatic carbocycles. The Kier molecular flexibility index (Phi) is 5.86. The van der Waals surface area contributed by atoms with Crippen molar-refractivity contribution >= 4 is 29.2 Å². The Bertz CT molecular complexity index is 883. The topological polar surface area (TPSA) is 90.0 Å². The van der Waals surface area contributed by atoms with Crippen LogP contribution in [0.4, 0.5) is 0 Å². The Balaban J connectivity index is 0.00000210. The molecule has 146 valence electrons. The number of rotatable bonds is 3. The zero-order valence-electron chi connectivity index (χ0n) is 15.6. The maximum Gasteiger partial charge on any atom is 0.261 e. The van der Waals surface area contributed by atoms with Gasteiger partial charge in [-0.1, -0.05) is 18.6 Å². The summed E-state index contributed by atoms with van der Waals surface area (Å²) in [6.45, 7) is 1.94. The second kappa shape index (κ2) is 7.98. The first-order chi connectivity index (χ1) is 12.5. The molecule has 2 aromatic rings. The second-order valence-corrected chi connectivity index (χ2v) is 7.92. The van der Waals surface area contributed by atoms with Gasteiger partial charge in [-0.05, 0) is 56.1 Å². The van der Waals surface area contributed by atoms with Crippen molar-refractivity contribution in [3.8, 4) is 0 Å². The third-order valence-corrected chi connectivity index (χ3v) is 6.07. The van der Waals surface area contributed by atoms with Crippen LogP contribution in [0.3, 0.4) is 0 Å². The van der Waals surface area contributed by atoms with Crippen molar-refractivity contribution in [2.24, 2.45) is 17.6 Å². The minimum Gasteiger partial charge on any atom is -0.351 e. The van der Waals surface area contributed by atoms with E-state index in [4.69, 9.17) is 5.73 Å². The molecule has 2 fully saturated rings. The van der Waals surface area contributed by atoms with Gasteiger partial charge in [0, 0.05) is 12.1 Å². The molecule has 1 amide bonds. The van der Waals surface area contributed by atoms with Gasteiger partial charge in [-0.25, -0.2) is 4.98 Å². The Hall–Kier alpha value is -1.92. The number of carbonyl (C=O) groups excluding carboxylic acids is 1. The molecule has 2 unspecified atom stereocenters. The van der Waals surface area contributed by atoms with Crippen LogP contribution >= 0.6 is 12.4 Å². The van der Waals surface area contributed by atoms with E-state index in [9.17, 15) is 9.59 Å². The summed E-state index contributed by atoms with van der Waals surface area (Å²) < 4.78 is 1.40. The van der Waals surface area contributed by atoms with Crippen LogP contribution in [-0.2, 0) is 11.3 Å². The lowest BCUT2D eigenvalue weighted by molar-refractivity contribution is -0.124. The Morgan fingerprint density at radius 1 is 1.30 bits per heavy atom. The number of hydrogen-bond donors (Lipinski definition) is 2. The summed E-state index contributed by atoms with van der Waals surface area (Å²) in [6.07, 6.45) is 6.94. The van der Waals surface area contributed by atoms with Gasteiger partial charge in [-0.2, -0.15) is 0 Å². The van der Waals surface area contributed by atoms with Gasteiger partial charge in [0.05, 0.1) is 17.2 Å². The van der Waals surface area contributed by atoms with Crippen molar-refractivity contribution in [2.45, 2.75) is 57.7 Å². The maximum atomic E-state index is 12.7. The van der Waals surface area contributed by atoms with Gasteiger partial charge in [0.15, 0.2) is 0 Å². The first-order valence-electron chi connectivity index (χ1n) is 9.52. The van der Waals surface area contributed by atoms with Crippen LogP contribution in [0.25, 0.3) is 10.9 Å². The first-order valence-corrected chi connectivity index (χ1v) is 9.52. The lowest BCUT2D eigenvalue weighted by Crippen LogP contribution is -2.54. The average molecular weight is 391 g/mol. The zero-order valence-corrected chi connectivity index (χ0v) is 16.4. The zero-order chi connectivity index (χ0) is 18.3. The minimum atomic E-state index is -0.167. The van der Waals surface area contributed by atoms with Crippen molar-refractivity contribution in [1.29, 1.82) is 0 Å². The van der Waals surface area contributed by atoms with Gasteiger partial charge in [-0.3, -0.25) is 14.2 Å². The number of aryl methyl sites for hydroxylation is 1. The fourth-order valence-electron chi connectivity index (χ4n) is 4.86. The molecule has 7 heteroatoms. The van der Waals surface area contributed by atoms with E-state index in [1.807, 2.05) is 19.1 Å². The summed E-state index contributed by atoms with van der Waals surface area (Å²) >= 11 is 0. The van der Waals surface area contributed by atoms with Crippen LogP contribution in [0.5, 0.6) is 0 Å². The average Bonchev–Trinajstić information content (AvgIpc) is 2.59. The molecule has 2 saturated carbocycles. The predicted molar refractivity (Wildman–Crippen MR) is 108 cm³/mol. The summed E-state index contributed by atoms with van der Waals surface area (Å²) in [5.74, 6) is 0.823. The molecule has 1 aromatic heterocycles. The highest BCUT2D eigenvalue weighted by molar-refractivity contribution is 5.85. The molecule has 4 rings (SSSR count). The SMILES string of the molecule is Cc1cccc2c(=O)n(CC(=O)NC3C4CCCC3CC(N)C4)cnc12.Cl. The molecule has 0 radical (unpaired) electrons. The molecule has 2 aliphatic carbocycles. The van der Waals surface area contributed by atoms with E-state index < -0.39 is 0 Å². The minimum absolute atomic E-state index is 0. The lowest BCUT2D eigenvalue weighted by Gasteiger charge is -2.45. The first kappa shape index (κ1) is 19.8. The number of nitrogens with zero attached hydrogens (tertiary/aromatic N) is 2. The highest BCUT2D eigenvalue weighted by atomic mass is 35.5. The van der Waals surface area contributed by atoms with E-state index in [-0.39, 0.29) is 42.5 Å². The molecule has 3 N–H and O–H groups in total. The summed E-state index contributed by atoms with van der Waals surface area (Å²) in [7, 11) is 0. The van der Waals surface area contributed by atoms with Crippen LogP contribution < -0.4 is 16.6 Å². The summed E-state index contributed by atoms with van der Waals surface area (Å²) in [4.78, 5) is 29.7. The number of benzene rings is 1. The largest absolute Gasteiger partial charge is 0.351 e. The normalized spacial score (nSPS) is 27.0. The molecule has 27 heavy (non-hydrogen) atoms. The Morgan fingerprint density at radius 2 is 2.00 bits per heavy atom. The number of amides is 1.